The number of hydrogen-bond acceptors (Lipinski definition) is 2. The molecular weight excluding hydrogens is 252 g/mol. The van der Waals surface area contributed by atoms with Crippen molar-refractivity contribution in [3.63, 3.8) is 0 Å². The van der Waals surface area contributed by atoms with Crippen LogP contribution in [-0.4, -0.2) is 11.7 Å². The maximum absolute atomic E-state index is 11.9. The monoisotopic (exact) mass is 269 g/mol. The Bertz CT molecular complexity index is 633. The van der Waals surface area contributed by atoms with Crippen molar-refractivity contribution < 1.29 is 14.2 Å². The lowest BCUT2D eigenvalue weighted by Crippen LogP contribution is -2.40. The van der Waals surface area contributed by atoms with Gasteiger partial charge in [0.2, 0.25) is 6.54 Å². The summed E-state index contributed by atoms with van der Waals surface area (Å²) in [7, 11) is 0. The number of aryl methyl sites for hydroxylation is 1. The number of carbonyl (C=O) groups excluding carboxylic acids is 2. The SMILES string of the molecule is CC(=O)c1ccc[n+](CC(=O)Nc2ccc(C)cc2)c1. The smallest absolute Gasteiger partial charge is 0.290 e. The number of amides is 1. The molecule has 0 fully saturated rings. The molecule has 1 amide bonds. The number of pyridine rings is 1. The number of nitrogens with zero attached hydrogens (tertiary/aromatic N) is 1. The van der Waals surface area contributed by atoms with Crippen molar-refractivity contribution in [1.82, 2.24) is 0 Å². The van der Waals surface area contributed by atoms with Gasteiger partial charge in [-0.2, -0.15) is 4.57 Å². The number of rotatable bonds is 4. The number of Topliss-reactive ketones (excluding diaryl/α,β-unsaturated/α-hetero) is 1. The Morgan fingerprint density at radius 3 is 2.50 bits per heavy atom. The third-order valence-electron chi connectivity index (χ3n) is 2.93. The maximum Gasteiger partial charge on any atom is 0.290 e. The minimum Gasteiger partial charge on any atom is -0.321 e. The Morgan fingerprint density at radius 2 is 1.85 bits per heavy atom. The third kappa shape index (κ3) is 3.75. The molecule has 1 N–H and O–H groups in total. The largest absolute Gasteiger partial charge is 0.321 e. The Morgan fingerprint density at radius 1 is 1.15 bits per heavy atom. The van der Waals surface area contributed by atoms with Gasteiger partial charge in [-0.05, 0) is 32.0 Å². The molecule has 1 aromatic heterocycles. The van der Waals surface area contributed by atoms with Crippen molar-refractivity contribution in [3.8, 4) is 0 Å². The highest BCUT2D eigenvalue weighted by Crippen LogP contribution is 2.08. The van der Waals surface area contributed by atoms with Crippen molar-refractivity contribution in [2.24, 2.45) is 0 Å². The van der Waals surface area contributed by atoms with E-state index in [-0.39, 0.29) is 18.2 Å². The van der Waals surface area contributed by atoms with E-state index in [4.69, 9.17) is 0 Å². The van der Waals surface area contributed by atoms with Gasteiger partial charge in [-0.1, -0.05) is 17.7 Å². The van der Waals surface area contributed by atoms with Crippen LogP contribution >= 0.6 is 0 Å². The second-order valence-electron chi connectivity index (χ2n) is 4.74. The Kier molecular flexibility index (Phi) is 4.25. The van der Waals surface area contributed by atoms with Gasteiger partial charge in [0.05, 0.1) is 5.56 Å². The van der Waals surface area contributed by atoms with Crippen molar-refractivity contribution in [1.29, 1.82) is 0 Å². The van der Waals surface area contributed by atoms with E-state index in [1.54, 1.807) is 29.1 Å². The van der Waals surface area contributed by atoms with Crippen LogP contribution in [0.3, 0.4) is 0 Å². The summed E-state index contributed by atoms with van der Waals surface area (Å²) in [6.45, 7) is 3.68. The zero-order chi connectivity index (χ0) is 14.5. The number of carbonyl (C=O) groups is 2. The van der Waals surface area contributed by atoms with E-state index in [1.165, 1.54) is 6.92 Å². The van der Waals surface area contributed by atoms with E-state index in [1.807, 2.05) is 31.2 Å². The fourth-order valence-corrected chi connectivity index (χ4v) is 1.83. The highest BCUT2D eigenvalue weighted by molar-refractivity contribution is 5.93. The van der Waals surface area contributed by atoms with Crippen LogP contribution in [0, 0.1) is 6.92 Å². The zero-order valence-electron chi connectivity index (χ0n) is 11.6. The molecule has 2 rings (SSSR count). The third-order valence-corrected chi connectivity index (χ3v) is 2.93. The molecule has 4 nitrogen and oxygen atoms in total. The summed E-state index contributed by atoms with van der Waals surface area (Å²) in [6, 6.07) is 11.1. The molecule has 0 spiro atoms. The molecule has 0 unspecified atom stereocenters. The first kappa shape index (κ1) is 13.9. The van der Waals surface area contributed by atoms with E-state index in [0.717, 1.165) is 11.3 Å². The van der Waals surface area contributed by atoms with Gasteiger partial charge in [0, 0.05) is 11.8 Å². The normalized spacial score (nSPS) is 10.1. The van der Waals surface area contributed by atoms with Gasteiger partial charge in [0.25, 0.3) is 5.91 Å². The van der Waals surface area contributed by atoms with Crippen molar-refractivity contribution in [3.05, 3.63) is 59.9 Å². The quantitative estimate of drug-likeness (QED) is 0.683. The standard InChI is InChI=1S/C16H16N2O2/c1-12-5-7-15(8-6-12)17-16(20)11-18-9-3-4-14(10-18)13(2)19/h3-10H,11H2,1-2H3/p+1. The van der Waals surface area contributed by atoms with Gasteiger partial charge in [0.15, 0.2) is 18.2 Å². The second kappa shape index (κ2) is 6.10. The molecule has 0 bridgehead atoms. The Hall–Kier alpha value is -2.49. The van der Waals surface area contributed by atoms with Crippen LogP contribution in [0.15, 0.2) is 48.8 Å². The van der Waals surface area contributed by atoms with Crippen LogP contribution < -0.4 is 9.88 Å². The number of benzene rings is 1. The molecule has 1 heterocycles. The first-order valence-corrected chi connectivity index (χ1v) is 6.41. The molecule has 20 heavy (non-hydrogen) atoms. The molecule has 0 aliphatic carbocycles. The van der Waals surface area contributed by atoms with Crippen LogP contribution in [0.5, 0.6) is 0 Å². The summed E-state index contributed by atoms with van der Waals surface area (Å²) >= 11 is 0. The van der Waals surface area contributed by atoms with Gasteiger partial charge in [-0.3, -0.25) is 9.59 Å². The predicted molar refractivity (Wildman–Crippen MR) is 76.5 cm³/mol. The lowest BCUT2D eigenvalue weighted by molar-refractivity contribution is -0.684. The molecule has 4 heteroatoms. The Labute approximate surface area is 118 Å². The summed E-state index contributed by atoms with van der Waals surface area (Å²) < 4.78 is 1.69. The minimum absolute atomic E-state index is 0.0155. The molecule has 0 aliphatic rings. The van der Waals surface area contributed by atoms with E-state index in [2.05, 4.69) is 5.32 Å². The van der Waals surface area contributed by atoms with Gasteiger partial charge in [-0.15, -0.1) is 0 Å². The fourth-order valence-electron chi connectivity index (χ4n) is 1.83. The summed E-state index contributed by atoms with van der Waals surface area (Å²) in [4.78, 5) is 23.2. The fraction of sp³-hybridized carbons (Fsp3) is 0.188. The van der Waals surface area contributed by atoms with Gasteiger partial charge in [0.1, 0.15) is 0 Å². The summed E-state index contributed by atoms with van der Waals surface area (Å²) in [5.41, 5.74) is 2.51. The number of hydrogen-bond donors (Lipinski definition) is 1. The first-order valence-electron chi connectivity index (χ1n) is 6.41. The van der Waals surface area contributed by atoms with E-state index >= 15 is 0 Å². The number of nitrogens with one attached hydrogen (secondary N) is 1. The van der Waals surface area contributed by atoms with E-state index in [0.29, 0.717) is 5.56 Å². The van der Waals surface area contributed by atoms with Gasteiger partial charge >= 0.3 is 0 Å². The average Bonchev–Trinajstić information content (AvgIpc) is 2.41. The van der Waals surface area contributed by atoms with Crippen LogP contribution in [0.25, 0.3) is 0 Å². The number of aromatic nitrogens is 1. The summed E-state index contributed by atoms with van der Waals surface area (Å²) in [5, 5.41) is 2.82. The first-order chi connectivity index (χ1) is 9.54. The number of anilines is 1. The van der Waals surface area contributed by atoms with Crippen molar-refractivity contribution in [2.75, 3.05) is 5.32 Å². The minimum atomic E-state index is -0.125. The lowest BCUT2D eigenvalue weighted by Gasteiger charge is -2.03. The van der Waals surface area contributed by atoms with Gasteiger partial charge < -0.3 is 5.32 Å². The molecule has 1 aromatic carbocycles. The average molecular weight is 269 g/mol. The van der Waals surface area contributed by atoms with Crippen LogP contribution in [0.1, 0.15) is 22.8 Å². The molecule has 0 radical (unpaired) electrons. The molecule has 0 atom stereocenters. The van der Waals surface area contributed by atoms with E-state index < -0.39 is 0 Å². The second-order valence-corrected chi connectivity index (χ2v) is 4.74. The topological polar surface area (TPSA) is 50.0 Å². The molecular formula is C16H17N2O2+. The predicted octanol–water partition coefficient (Wildman–Crippen LogP) is 2.12. The molecule has 102 valence electrons. The van der Waals surface area contributed by atoms with Crippen LogP contribution in [-0.2, 0) is 11.3 Å². The van der Waals surface area contributed by atoms with Crippen LogP contribution in [0.2, 0.25) is 0 Å². The lowest BCUT2D eigenvalue weighted by atomic mass is 10.2. The van der Waals surface area contributed by atoms with Gasteiger partial charge in [-0.25, -0.2) is 0 Å². The molecule has 0 saturated heterocycles. The Balaban J connectivity index is 2.02. The summed E-state index contributed by atoms with van der Waals surface area (Å²) in [5.74, 6) is -0.141. The van der Waals surface area contributed by atoms with E-state index in [9.17, 15) is 9.59 Å². The molecule has 0 aliphatic heterocycles. The molecule has 0 saturated carbocycles. The zero-order valence-corrected chi connectivity index (χ0v) is 11.6. The van der Waals surface area contributed by atoms with Crippen molar-refractivity contribution in [2.45, 2.75) is 20.4 Å². The molecule has 2 aromatic rings. The number of ketones is 1. The highest BCUT2D eigenvalue weighted by Gasteiger charge is 2.11. The highest BCUT2D eigenvalue weighted by atomic mass is 16.2. The van der Waals surface area contributed by atoms with Crippen LogP contribution in [0.4, 0.5) is 5.69 Å². The maximum atomic E-state index is 11.9. The van der Waals surface area contributed by atoms with Crippen molar-refractivity contribution >= 4 is 17.4 Å². The summed E-state index contributed by atoms with van der Waals surface area (Å²) in [6.07, 6.45) is 3.44.